The molecule has 0 bridgehead atoms. The van der Waals surface area contributed by atoms with Crippen LogP contribution in [0.3, 0.4) is 0 Å². The van der Waals surface area contributed by atoms with Gasteiger partial charge in [-0.25, -0.2) is 4.98 Å². The average Bonchev–Trinajstić information content (AvgIpc) is 2.95. The van der Waals surface area contributed by atoms with E-state index in [4.69, 9.17) is 4.98 Å². The molecular formula is C27H39N3O. The van der Waals surface area contributed by atoms with Gasteiger partial charge in [0.1, 0.15) is 5.78 Å². The maximum atomic E-state index is 12.4. The normalized spacial score (nSPS) is 19.3. The van der Waals surface area contributed by atoms with Gasteiger partial charge < -0.3 is 9.88 Å². The largest absolute Gasteiger partial charge is 0.353 e. The number of fused-ring (bicyclic) bond motifs is 1. The first-order valence-electron chi connectivity index (χ1n) is 12.2. The Morgan fingerprint density at radius 1 is 1.06 bits per heavy atom. The molecule has 0 aliphatic heterocycles. The molecule has 2 aromatic rings. The van der Waals surface area contributed by atoms with Crippen LogP contribution in [-0.4, -0.2) is 21.4 Å². The number of ketones is 1. The molecule has 1 fully saturated rings. The first-order chi connectivity index (χ1) is 15.1. The third-order valence-corrected chi connectivity index (χ3v) is 6.57. The van der Waals surface area contributed by atoms with Crippen LogP contribution < -0.4 is 5.32 Å². The summed E-state index contributed by atoms with van der Waals surface area (Å²) in [5, 5.41) is 3.74. The van der Waals surface area contributed by atoms with Crippen LogP contribution in [-0.2, 0) is 17.8 Å². The molecule has 1 saturated carbocycles. The number of nitrogens with zero attached hydrogens (tertiary/aromatic N) is 2. The highest BCUT2D eigenvalue weighted by molar-refractivity contribution is 5.98. The predicted octanol–water partition coefficient (Wildman–Crippen LogP) is 6.74. The summed E-state index contributed by atoms with van der Waals surface area (Å²) in [6.07, 6.45) is 9.07. The maximum Gasteiger partial charge on any atom is 0.204 e. The number of nitrogens with one attached hydrogen (secondary N) is 1. The van der Waals surface area contributed by atoms with Crippen LogP contribution in [0, 0.1) is 0 Å². The van der Waals surface area contributed by atoms with E-state index in [1.165, 1.54) is 49.7 Å². The van der Waals surface area contributed by atoms with Gasteiger partial charge in [0.05, 0.1) is 23.9 Å². The van der Waals surface area contributed by atoms with Crippen LogP contribution in [0.15, 0.2) is 30.8 Å². The standard InChI is InChI=1S/C25H33N3O.C2H6/c1-4-19-11-13-20(14-12-19)16-28-24-17(2)15-22(29)18(3)23(24)27-25(28)26-21-9-7-5-6-8-10-21;1-2/h11-14,18,21H,2,4-10,15-16H2,1,3H3,(H,26,27);1-2H3. The van der Waals surface area contributed by atoms with E-state index in [0.717, 1.165) is 35.9 Å². The van der Waals surface area contributed by atoms with Gasteiger partial charge >= 0.3 is 0 Å². The highest BCUT2D eigenvalue weighted by Gasteiger charge is 2.33. The first-order valence-corrected chi connectivity index (χ1v) is 12.2. The lowest BCUT2D eigenvalue weighted by Gasteiger charge is -2.22. The van der Waals surface area contributed by atoms with Crippen molar-refractivity contribution in [3.8, 4) is 0 Å². The number of carbonyl (C=O) groups is 1. The molecule has 168 valence electrons. The third kappa shape index (κ3) is 5.28. The number of anilines is 1. The molecule has 31 heavy (non-hydrogen) atoms. The van der Waals surface area contributed by atoms with E-state index in [0.29, 0.717) is 12.5 Å². The number of rotatable bonds is 5. The Balaban J connectivity index is 0.00000132. The average molecular weight is 422 g/mol. The summed E-state index contributed by atoms with van der Waals surface area (Å²) < 4.78 is 2.27. The number of aromatic nitrogens is 2. The van der Waals surface area contributed by atoms with E-state index in [9.17, 15) is 4.79 Å². The molecule has 1 aromatic heterocycles. The number of benzene rings is 1. The van der Waals surface area contributed by atoms with Gasteiger partial charge in [0.15, 0.2) is 0 Å². The highest BCUT2D eigenvalue weighted by atomic mass is 16.1. The number of hydrogen-bond acceptors (Lipinski definition) is 3. The number of imidazole rings is 1. The number of Topliss-reactive ketones (excluding diaryl/α,β-unsaturated/α-hetero) is 1. The zero-order valence-electron chi connectivity index (χ0n) is 19.8. The summed E-state index contributed by atoms with van der Waals surface area (Å²) in [4.78, 5) is 17.4. The fourth-order valence-electron chi connectivity index (χ4n) is 4.68. The van der Waals surface area contributed by atoms with E-state index in [-0.39, 0.29) is 11.7 Å². The van der Waals surface area contributed by atoms with E-state index in [2.05, 4.69) is 47.7 Å². The number of hydrogen-bond donors (Lipinski definition) is 1. The second-order valence-corrected chi connectivity index (χ2v) is 8.73. The monoisotopic (exact) mass is 421 g/mol. The van der Waals surface area contributed by atoms with Gasteiger partial charge in [0.2, 0.25) is 5.95 Å². The lowest BCUT2D eigenvalue weighted by Crippen LogP contribution is -2.22. The lowest BCUT2D eigenvalue weighted by atomic mass is 9.87. The molecule has 1 aromatic carbocycles. The van der Waals surface area contributed by atoms with Crippen molar-refractivity contribution in [3.05, 3.63) is 53.4 Å². The zero-order valence-corrected chi connectivity index (χ0v) is 19.8. The van der Waals surface area contributed by atoms with Crippen molar-refractivity contribution in [1.82, 2.24) is 9.55 Å². The first kappa shape index (κ1) is 23.3. The van der Waals surface area contributed by atoms with Gasteiger partial charge in [-0.3, -0.25) is 4.79 Å². The van der Waals surface area contributed by atoms with Crippen molar-refractivity contribution in [2.75, 3.05) is 5.32 Å². The number of allylic oxidation sites excluding steroid dienone is 1. The quantitative estimate of drug-likeness (QED) is 0.544. The van der Waals surface area contributed by atoms with E-state index < -0.39 is 0 Å². The van der Waals surface area contributed by atoms with Crippen LogP contribution in [0.25, 0.3) is 5.57 Å². The molecule has 4 rings (SSSR count). The molecule has 1 N–H and O–H groups in total. The minimum Gasteiger partial charge on any atom is -0.353 e. The summed E-state index contributed by atoms with van der Waals surface area (Å²) in [6.45, 7) is 13.1. The fraction of sp³-hybridized carbons (Fsp3) is 0.556. The van der Waals surface area contributed by atoms with Gasteiger partial charge in [0.25, 0.3) is 0 Å². The van der Waals surface area contributed by atoms with Crippen molar-refractivity contribution >= 4 is 17.3 Å². The lowest BCUT2D eigenvalue weighted by molar-refractivity contribution is -0.119. The molecule has 0 amide bonds. The second kappa shape index (κ2) is 10.8. The molecular weight excluding hydrogens is 382 g/mol. The smallest absolute Gasteiger partial charge is 0.204 e. The highest BCUT2D eigenvalue weighted by Crippen LogP contribution is 2.37. The minimum atomic E-state index is -0.158. The minimum absolute atomic E-state index is 0.158. The Bertz CT molecular complexity index is 886. The molecule has 1 heterocycles. The molecule has 4 nitrogen and oxygen atoms in total. The van der Waals surface area contributed by atoms with Crippen molar-refractivity contribution in [2.24, 2.45) is 0 Å². The summed E-state index contributed by atoms with van der Waals surface area (Å²) in [6, 6.07) is 9.29. The molecule has 0 saturated heterocycles. The van der Waals surface area contributed by atoms with Gasteiger partial charge in [-0.05, 0) is 42.9 Å². The van der Waals surface area contributed by atoms with Crippen molar-refractivity contribution in [3.63, 3.8) is 0 Å². The Hall–Kier alpha value is -2.36. The maximum absolute atomic E-state index is 12.4. The van der Waals surface area contributed by atoms with E-state index in [1.54, 1.807) is 0 Å². The van der Waals surface area contributed by atoms with Gasteiger partial charge in [0, 0.05) is 12.5 Å². The Kier molecular flexibility index (Phi) is 8.11. The van der Waals surface area contributed by atoms with Crippen LogP contribution in [0.4, 0.5) is 5.95 Å². The predicted molar refractivity (Wildman–Crippen MR) is 131 cm³/mol. The van der Waals surface area contributed by atoms with E-state index >= 15 is 0 Å². The Morgan fingerprint density at radius 2 is 1.68 bits per heavy atom. The van der Waals surface area contributed by atoms with Gasteiger partial charge in [-0.15, -0.1) is 0 Å². The van der Waals surface area contributed by atoms with Crippen LogP contribution in [0.1, 0.15) is 101 Å². The summed E-state index contributed by atoms with van der Waals surface area (Å²) in [5.41, 5.74) is 5.46. The van der Waals surface area contributed by atoms with Crippen LogP contribution in [0.5, 0.6) is 0 Å². The summed E-state index contributed by atoms with van der Waals surface area (Å²) >= 11 is 0. The molecule has 1 unspecified atom stereocenters. The molecule has 2 aliphatic rings. The van der Waals surface area contributed by atoms with Crippen molar-refractivity contribution < 1.29 is 4.79 Å². The molecule has 4 heteroatoms. The third-order valence-electron chi connectivity index (χ3n) is 6.57. The van der Waals surface area contributed by atoms with Crippen LogP contribution >= 0.6 is 0 Å². The van der Waals surface area contributed by atoms with Crippen molar-refractivity contribution in [1.29, 1.82) is 0 Å². The molecule has 2 aliphatic carbocycles. The Labute approximate surface area is 188 Å². The van der Waals surface area contributed by atoms with Gasteiger partial charge in [-0.1, -0.05) is 77.3 Å². The SMILES string of the molecule is C=C1CC(=O)C(C)c2nc(NC3CCCCCC3)n(Cc3ccc(CC)cc3)c21.CC. The fourth-order valence-corrected chi connectivity index (χ4v) is 4.68. The molecule has 0 radical (unpaired) electrons. The van der Waals surface area contributed by atoms with Gasteiger partial charge in [-0.2, -0.15) is 0 Å². The topological polar surface area (TPSA) is 46.9 Å². The summed E-state index contributed by atoms with van der Waals surface area (Å²) in [7, 11) is 0. The van der Waals surface area contributed by atoms with E-state index in [1.807, 2.05) is 20.8 Å². The molecule has 0 spiro atoms. The Morgan fingerprint density at radius 3 is 2.29 bits per heavy atom. The second-order valence-electron chi connectivity index (χ2n) is 8.73. The molecule has 1 atom stereocenters. The summed E-state index contributed by atoms with van der Waals surface area (Å²) in [5.74, 6) is 0.971. The van der Waals surface area contributed by atoms with Crippen molar-refractivity contribution in [2.45, 2.75) is 97.6 Å². The number of carbonyl (C=O) groups excluding carboxylic acids is 1. The zero-order chi connectivity index (χ0) is 22.4. The number of aryl methyl sites for hydroxylation is 1. The van der Waals surface area contributed by atoms with Crippen LogP contribution in [0.2, 0.25) is 0 Å².